The van der Waals surface area contributed by atoms with E-state index in [4.69, 9.17) is 5.11 Å². The van der Waals surface area contributed by atoms with Gasteiger partial charge < -0.3 is 10.4 Å². The van der Waals surface area contributed by atoms with Crippen LogP contribution in [0.15, 0.2) is 24.5 Å². The molecule has 5 nitrogen and oxygen atoms in total. The van der Waals surface area contributed by atoms with Gasteiger partial charge in [0.2, 0.25) is 0 Å². The van der Waals surface area contributed by atoms with E-state index in [2.05, 4.69) is 10.3 Å². The Bertz CT molecular complexity index is 503. The highest BCUT2D eigenvalue weighted by atomic mass is 32.2. The number of carbonyl (C=O) groups excluding carboxylic acids is 1. The van der Waals surface area contributed by atoms with Crippen LogP contribution < -0.4 is 5.32 Å². The molecule has 1 unspecified atom stereocenters. The Morgan fingerprint density at radius 3 is 2.90 bits per heavy atom. The number of aliphatic carboxylic acids is 1. The van der Waals surface area contributed by atoms with Crippen molar-refractivity contribution in [1.29, 1.82) is 0 Å². The summed E-state index contributed by atoms with van der Waals surface area (Å²) in [4.78, 5) is 26.4. The summed E-state index contributed by atoms with van der Waals surface area (Å²) in [5.41, 5.74) is 1.00. The molecular weight excluding hydrogens is 276 g/mol. The van der Waals surface area contributed by atoms with E-state index in [1.165, 1.54) is 18.5 Å². The lowest BCUT2D eigenvalue weighted by atomic mass is 10.1. The molecule has 0 spiro atoms. The summed E-state index contributed by atoms with van der Waals surface area (Å²) in [7, 11) is 0. The number of amides is 1. The van der Waals surface area contributed by atoms with Gasteiger partial charge in [-0.1, -0.05) is 0 Å². The number of carboxylic acid groups (broad SMARTS) is 1. The Labute approximate surface area is 122 Å². The molecule has 0 saturated carbocycles. The summed E-state index contributed by atoms with van der Waals surface area (Å²) in [6, 6.07) is 1.71. The quantitative estimate of drug-likeness (QED) is 0.752. The van der Waals surface area contributed by atoms with Crippen molar-refractivity contribution in [3.8, 4) is 0 Å². The number of hydrogen-bond acceptors (Lipinski definition) is 4. The van der Waals surface area contributed by atoms with Gasteiger partial charge >= 0.3 is 5.97 Å². The van der Waals surface area contributed by atoms with Crippen molar-refractivity contribution in [2.45, 2.75) is 19.4 Å². The van der Waals surface area contributed by atoms with Crippen LogP contribution in [0.25, 0.3) is 6.08 Å². The van der Waals surface area contributed by atoms with Crippen LogP contribution in [0.1, 0.15) is 29.3 Å². The molecule has 0 fully saturated rings. The third-order valence-corrected chi connectivity index (χ3v) is 3.22. The number of thioether (sulfide) groups is 1. The first-order valence-corrected chi connectivity index (χ1v) is 7.58. The topological polar surface area (TPSA) is 79.3 Å². The largest absolute Gasteiger partial charge is 0.478 e. The lowest BCUT2D eigenvalue weighted by molar-refractivity contribution is -0.131. The molecule has 0 aliphatic carbocycles. The maximum absolute atomic E-state index is 12.0. The average Bonchev–Trinajstić information content (AvgIpc) is 2.43. The molecule has 1 aromatic rings. The summed E-state index contributed by atoms with van der Waals surface area (Å²) in [6.45, 7) is 1.95. The highest BCUT2D eigenvalue weighted by Gasteiger charge is 2.10. The Kier molecular flexibility index (Phi) is 6.79. The van der Waals surface area contributed by atoms with E-state index in [-0.39, 0.29) is 11.9 Å². The van der Waals surface area contributed by atoms with Crippen molar-refractivity contribution in [3.63, 3.8) is 0 Å². The number of carbonyl (C=O) groups is 2. The Morgan fingerprint density at radius 1 is 1.50 bits per heavy atom. The van der Waals surface area contributed by atoms with Gasteiger partial charge in [0.05, 0.1) is 5.56 Å². The molecule has 1 rings (SSSR count). The lowest BCUT2D eigenvalue weighted by Crippen LogP contribution is -2.33. The molecule has 6 heteroatoms. The third-order valence-electron chi connectivity index (χ3n) is 2.57. The molecule has 0 saturated heterocycles. The molecule has 1 amide bonds. The molecule has 0 aliphatic rings. The number of carboxylic acids is 1. The zero-order valence-corrected chi connectivity index (χ0v) is 12.3. The zero-order chi connectivity index (χ0) is 15.0. The molecule has 0 bridgehead atoms. The van der Waals surface area contributed by atoms with Crippen LogP contribution in [0.3, 0.4) is 0 Å². The fourth-order valence-electron chi connectivity index (χ4n) is 1.51. The van der Waals surface area contributed by atoms with E-state index in [9.17, 15) is 9.59 Å². The Morgan fingerprint density at radius 2 is 2.25 bits per heavy atom. The summed E-state index contributed by atoms with van der Waals surface area (Å²) in [5, 5.41) is 11.5. The minimum absolute atomic E-state index is 0.0909. The van der Waals surface area contributed by atoms with E-state index in [1.54, 1.807) is 17.8 Å². The summed E-state index contributed by atoms with van der Waals surface area (Å²) in [6.07, 6.45) is 8.32. The highest BCUT2D eigenvalue weighted by Crippen LogP contribution is 2.06. The van der Waals surface area contributed by atoms with Gasteiger partial charge in [0.25, 0.3) is 5.91 Å². The first-order valence-electron chi connectivity index (χ1n) is 6.18. The summed E-state index contributed by atoms with van der Waals surface area (Å²) in [5.74, 6) is -0.247. The molecule has 1 heterocycles. The maximum atomic E-state index is 12.0. The van der Waals surface area contributed by atoms with Crippen LogP contribution in [0.4, 0.5) is 0 Å². The number of nitrogens with zero attached hydrogens (tertiary/aromatic N) is 1. The minimum Gasteiger partial charge on any atom is -0.478 e. The van der Waals surface area contributed by atoms with Crippen LogP contribution in [-0.4, -0.2) is 40.0 Å². The number of aromatic nitrogens is 1. The summed E-state index contributed by atoms with van der Waals surface area (Å²) < 4.78 is 0. The third kappa shape index (κ3) is 5.88. The molecule has 1 aromatic heterocycles. The highest BCUT2D eigenvalue weighted by molar-refractivity contribution is 7.98. The predicted octanol–water partition coefficient (Wildman–Crippen LogP) is 2.05. The van der Waals surface area contributed by atoms with Crippen LogP contribution in [0.5, 0.6) is 0 Å². The molecule has 108 valence electrons. The molecule has 2 N–H and O–H groups in total. The fourth-order valence-corrected chi connectivity index (χ4v) is 2.10. The van der Waals surface area contributed by atoms with E-state index in [0.29, 0.717) is 11.1 Å². The van der Waals surface area contributed by atoms with E-state index >= 15 is 0 Å². The second-order valence-electron chi connectivity index (χ2n) is 4.33. The number of hydrogen-bond donors (Lipinski definition) is 2. The van der Waals surface area contributed by atoms with Gasteiger partial charge in [-0.05, 0) is 43.1 Å². The van der Waals surface area contributed by atoms with Crippen LogP contribution in [-0.2, 0) is 4.79 Å². The standard InChI is InChI=1S/C14H18N2O3S/c1-10(5-6-20-2)16-14(19)12-7-11(8-15-9-12)3-4-13(17)18/h3-4,7-10H,5-6H2,1-2H3,(H,16,19)(H,17,18)/b4-3+. The van der Waals surface area contributed by atoms with Crippen LogP contribution in [0.2, 0.25) is 0 Å². The number of rotatable bonds is 7. The average molecular weight is 294 g/mol. The predicted molar refractivity (Wildman–Crippen MR) is 80.8 cm³/mol. The van der Waals surface area contributed by atoms with E-state index < -0.39 is 5.97 Å². The van der Waals surface area contributed by atoms with Gasteiger partial charge in [-0.3, -0.25) is 9.78 Å². The van der Waals surface area contributed by atoms with Crippen molar-refractivity contribution >= 4 is 29.7 Å². The van der Waals surface area contributed by atoms with Gasteiger partial charge in [0.15, 0.2) is 0 Å². The van der Waals surface area contributed by atoms with Gasteiger partial charge in [-0.2, -0.15) is 11.8 Å². The molecular formula is C14H18N2O3S. The number of nitrogens with one attached hydrogen (secondary N) is 1. The first-order chi connectivity index (χ1) is 9.52. The van der Waals surface area contributed by atoms with Gasteiger partial charge in [-0.15, -0.1) is 0 Å². The zero-order valence-electron chi connectivity index (χ0n) is 11.5. The molecule has 0 radical (unpaired) electrons. The monoisotopic (exact) mass is 294 g/mol. The minimum atomic E-state index is -1.04. The molecule has 20 heavy (non-hydrogen) atoms. The second-order valence-corrected chi connectivity index (χ2v) is 5.32. The van der Waals surface area contributed by atoms with E-state index in [0.717, 1.165) is 18.2 Å². The lowest BCUT2D eigenvalue weighted by Gasteiger charge is -2.13. The maximum Gasteiger partial charge on any atom is 0.328 e. The van der Waals surface area contributed by atoms with Crippen molar-refractivity contribution in [3.05, 3.63) is 35.7 Å². The number of pyridine rings is 1. The summed E-state index contributed by atoms with van der Waals surface area (Å²) >= 11 is 1.74. The molecule has 1 atom stereocenters. The van der Waals surface area contributed by atoms with Gasteiger partial charge in [0, 0.05) is 24.5 Å². The SMILES string of the molecule is CSCCC(C)NC(=O)c1cncc(/C=C/C(=O)O)c1. The van der Waals surface area contributed by atoms with Crippen LogP contribution in [0, 0.1) is 0 Å². The molecule has 0 aliphatic heterocycles. The first kappa shape index (κ1) is 16.2. The van der Waals surface area contributed by atoms with Crippen molar-refractivity contribution in [2.24, 2.45) is 0 Å². The van der Waals surface area contributed by atoms with Crippen LogP contribution >= 0.6 is 11.8 Å². The smallest absolute Gasteiger partial charge is 0.328 e. The fraction of sp³-hybridized carbons (Fsp3) is 0.357. The second kappa shape index (κ2) is 8.37. The van der Waals surface area contributed by atoms with Crippen molar-refractivity contribution in [1.82, 2.24) is 10.3 Å². The normalized spacial score (nSPS) is 12.3. The van der Waals surface area contributed by atoms with Crippen molar-refractivity contribution < 1.29 is 14.7 Å². The van der Waals surface area contributed by atoms with Gasteiger partial charge in [-0.25, -0.2) is 4.79 Å². The van der Waals surface area contributed by atoms with Crippen molar-refractivity contribution in [2.75, 3.05) is 12.0 Å². The van der Waals surface area contributed by atoms with E-state index in [1.807, 2.05) is 13.2 Å². The molecule has 0 aromatic carbocycles. The Balaban J connectivity index is 2.68. The Hall–Kier alpha value is -1.82. The van der Waals surface area contributed by atoms with Gasteiger partial charge in [0.1, 0.15) is 0 Å².